The molecule has 0 atom stereocenters. The molecule has 0 bridgehead atoms. The predicted octanol–water partition coefficient (Wildman–Crippen LogP) is 6.07. The van der Waals surface area contributed by atoms with Crippen LogP contribution in [0.2, 0.25) is 10.0 Å². The van der Waals surface area contributed by atoms with Crippen LogP contribution in [0.15, 0.2) is 102 Å². The number of carbonyl (C=O) groups is 3. The van der Waals surface area contributed by atoms with Crippen molar-refractivity contribution >= 4 is 58.6 Å². The molecule has 2 amide bonds. The Morgan fingerprint density at radius 1 is 0.750 bits per heavy atom. The van der Waals surface area contributed by atoms with E-state index in [1.807, 2.05) is 60.7 Å². The van der Waals surface area contributed by atoms with E-state index in [2.05, 4.69) is 5.32 Å². The Balaban J connectivity index is 1.54. The maximum absolute atomic E-state index is 13.2. The van der Waals surface area contributed by atoms with E-state index in [-0.39, 0.29) is 24.8 Å². The lowest BCUT2D eigenvalue weighted by molar-refractivity contribution is -0.126. The van der Waals surface area contributed by atoms with Crippen LogP contribution in [0.3, 0.4) is 0 Å². The van der Waals surface area contributed by atoms with Gasteiger partial charge in [-0.25, -0.2) is 0 Å². The van der Waals surface area contributed by atoms with E-state index in [1.54, 1.807) is 24.3 Å². The number of benzene rings is 3. The van der Waals surface area contributed by atoms with Gasteiger partial charge in [0.05, 0.1) is 23.1 Å². The first-order chi connectivity index (χ1) is 17.4. The van der Waals surface area contributed by atoms with Crippen molar-refractivity contribution in [2.45, 2.75) is 0 Å². The average molecular weight is 517 g/mol. The number of hydrogen-bond donors (Lipinski definition) is 1. The van der Waals surface area contributed by atoms with Crippen molar-refractivity contribution in [1.82, 2.24) is 4.90 Å². The molecular weight excluding hydrogens is 495 g/mol. The molecule has 1 saturated heterocycles. The summed E-state index contributed by atoms with van der Waals surface area (Å²) in [4.78, 5) is 40.1. The molecule has 5 nitrogen and oxygen atoms in total. The lowest BCUT2D eigenvalue weighted by Gasteiger charge is -2.29. The van der Waals surface area contributed by atoms with Gasteiger partial charge >= 0.3 is 0 Å². The third-order valence-electron chi connectivity index (χ3n) is 5.46. The minimum absolute atomic E-state index is 0.104. The van der Waals surface area contributed by atoms with Crippen LogP contribution < -0.4 is 5.32 Å². The predicted molar refractivity (Wildman–Crippen MR) is 145 cm³/mol. The standard InChI is InChI=1S/C29H22Cl2N2O3/c30-25-12-11-24(17-26(25)31)32-27(34)13-14-28(35)33-18-22(15-20-7-3-1-4-8-20)29(36)23(19-33)16-21-9-5-2-6-10-21/h1-17H,18-19H2,(H,32,34)/b14-13-,22-15+,23-16+. The topological polar surface area (TPSA) is 66.5 Å². The van der Waals surface area contributed by atoms with E-state index in [9.17, 15) is 14.4 Å². The van der Waals surface area contributed by atoms with Crippen LogP contribution >= 0.6 is 23.2 Å². The number of ketones is 1. The second kappa shape index (κ2) is 11.7. The summed E-state index contributed by atoms with van der Waals surface area (Å²) in [7, 11) is 0. The third kappa shape index (κ3) is 6.60. The molecule has 3 aromatic carbocycles. The summed E-state index contributed by atoms with van der Waals surface area (Å²) in [5.74, 6) is -0.979. The van der Waals surface area contributed by atoms with Gasteiger partial charge in [-0.3, -0.25) is 14.4 Å². The summed E-state index contributed by atoms with van der Waals surface area (Å²) in [6.45, 7) is 0.273. The molecule has 0 radical (unpaired) electrons. The second-order valence-electron chi connectivity index (χ2n) is 8.14. The molecule has 36 heavy (non-hydrogen) atoms. The highest BCUT2D eigenvalue weighted by Gasteiger charge is 2.28. The number of hydrogen-bond acceptors (Lipinski definition) is 3. The van der Waals surface area contributed by atoms with Gasteiger partial charge in [0, 0.05) is 29.0 Å². The van der Waals surface area contributed by atoms with Crippen molar-refractivity contribution in [2.75, 3.05) is 18.4 Å². The SMILES string of the molecule is O=C(/C=C\C(=O)N1C/C(=C\c2ccccc2)C(=O)/C(=C/c2ccccc2)C1)Nc1ccc(Cl)c(Cl)c1. The highest BCUT2D eigenvalue weighted by molar-refractivity contribution is 6.42. The molecule has 1 heterocycles. The van der Waals surface area contributed by atoms with E-state index < -0.39 is 5.91 Å². The van der Waals surface area contributed by atoms with E-state index in [1.165, 1.54) is 17.0 Å². The molecule has 0 saturated carbocycles. The highest BCUT2D eigenvalue weighted by atomic mass is 35.5. The van der Waals surface area contributed by atoms with Gasteiger partial charge in [0.25, 0.3) is 0 Å². The number of carbonyl (C=O) groups excluding carboxylic acids is 3. The van der Waals surface area contributed by atoms with Gasteiger partial charge in [-0.1, -0.05) is 83.9 Å². The molecule has 180 valence electrons. The van der Waals surface area contributed by atoms with Crippen LogP contribution in [0, 0.1) is 0 Å². The Kier molecular flexibility index (Phi) is 8.16. The number of halogens is 2. The van der Waals surface area contributed by atoms with Crippen LogP contribution in [-0.4, -0.2) is 35.6 Å². The van der Waals surface area contributed by atoms with Crippen molar-refractivity contribution in [2.24, 2.45) is 0 Å². The molecule has 4 rings (SSSR count). The first kappa shape index (κ1) is 25.2. The highest BCUT2D eigenvalue weighted by Crippen LogP contribution is 2.25. The molecule has 1 aliphatic heterocycles. The van der Waals surface area contributed by atoms with Gasteiger partial charge in [0.1, 0.15) is 0 Å². The van der Waals surface area contributed by atoms with Crippen LogP contribution in [0.5, 0.6) is 0 Å². The number of nitrogens with zero attached hydrogens (tertiary/aromatic N) is 1. The molecule has 0 spiro atoms. The molecule has 0 unspecified atom stereocenters. The van der Waals surface area contributed by atoms with Crippen molar-refractivity contribution in [3.05, 3.63) is 123 Å². The number of Topliss-reactive ketones (excluding diaryl/α,β-unsaturated/α-hetero) is 1. The summed E-state index contributed by atoms with van der Waals surface area (Å²) in [6.07, 6.45) is 5.94. The van der Waals surface area contributed by atoms with Crippen LogP contribution in [-0.2, 0) is 14.4 Å². The Labute approximate surface area is 219 Å². The third-order valence-corrected chi connectivity index (χ3v) is 6.20. The van der Waals surface area contributed by atoms with Crippen molar-refractivity contribution in [3.63, 3.8) is 0 Å². The van der Waals surface area contributed by atoms with Crippen LogP contribution in [0.1, 0.15) is 11.1 Å². The Morgan fingerprint density at radius 2 is 1.31 bits per heavy atom. The summed E-state index contributed by atoms with van der Waals surface area (Å²) >= 11 is 11.9. The van der Waals surface area contributed by atoms with E-state index in [0.29, 0.717) is 26.9 Å². The fourth-order valence-electron chi connectivity index (χ4n) is 3.71. The van der Waals surface area contributed by atoms with Gasteiger partial charge in [-0.2, -0.15) is 0 Å². The molecule has 7 heteroatoms. The van der Waals surface area contributed by atoms with Crippen molar-refractivity contribution < 1.29 is 14.4 Å². The normalized spacial score (nSPS) is 16.1. The molecule has 0 aliphatic carbocycles. The number of anilines is 1. The van der Waals surface area contributed by atoms with Crippen LogP contribution in [0.4, 0.5) is 5.69 Å². The molecule has 1 aliphatic rings. The van der Waals surface area contributed by atoms with Gasteiger partial charge in [0.2, 0.25) is 11.8 Å². The number of nitrogens with one attached hydrogen (secondary N) is 1. The smallest absolute Gasteiger partial charge is 0.248 e. The fraction of sp³-hybridized carbons (Fsp3) is 0.0690. The Hall–Kier alpha value is -3.93. The summed E-state index contributed by atoms with van der Waals surface area (Å²) in [5, 5.41) is 3.32. The maximum Gasteiger partial charge on any atom is 0.248 e. The first-order valence-electron chi connectivity index (χ1n) is 11.2. The Bertz CT molecular complexity index is 1320. The van der Waals surface area contributed by atoms with Gasteiger partial charge < -0.3 is 10.2 Å². The number of likely N-dealkylation sites (tertiary alicyclic amines) is 1. The van der Waals surface area contributed by atoms with E-state index in [0.717, 1.165) is 17.2 Å². The van der Waals surface area contributed by atoms with Gasteiger partial charge in [0.15, 0.2) is 5.78 Å². The lowest BCUT2D eigenvalue weighted by atomic mass is 9.94. The molecule has 0 aromatic heterocycles. The number of amides is 2. The lowest BCUT2D eigenvalue weighted by Crippen LogP contribution is -2.41. The quantitative estimate of drug-likeness (QED) is 0.418. The minimum atomic E-state index is -0.491. The van der Waals surface area contributed by atoms with Crippen molar-refractivity contribution in [3.8, 4) is 0 Å². The van der Waals surface area contributed by atoms with Gasteiger partial charge in [-0.05, 0) is 41.5 Å². The van der Waals surface area contributed by atoms with Gasteiger partial charge in [-0.15, -0.1) is 0 Å². The monoisotopic (exact) mass is 516 g/mol. The fourth-order valence-corrected chi connectivity index (χ4v) is 4.00. The number of piperidine rings is 1. The van der Waals surface area contributed by atoms with E-state index in [4.69, 9.17) is 23.2 Å². The summed E-state index contributed by atoms with van der Waals surface area (Å²) in [6, 6.07) is 23.6. The van der Waals surface area contributed by atoms with Crippen LogP contribution in [0.25, 0.3) is 12.2 Å². The zero-order valence-electron chi connectivity index (χ0n) is 19.2. The molecule has 3 aromatic rings. The number of rotatable bonds is 5. The summed E-state index contributed by atoms with van der Waals surface area (Å²) in [5.41, 5.74) is 3.18. The Morgan fingerprint density at radius 3 is 1.83 bits per heavy atom. The second-order valence-corrected chi connectivity index (χ2v) is 8.95. The summed E-state index contributed by atoms with van der Waals surface area (Å²) < 4.78 is 0. The molecule has 1 N–H and O–H groups in total. The van der Waals surface area contributed by atoms with Crippen molar-refractivity contribution in [1.29, 1.82) is 0 Å². The molecule has 1 fully saturated rings. The average Bonchev–Trinajstić information content (AvgIpc) is 2.88. The minimum Gasteiger partial charge on any atom is -0.330 e. The maximum atomic E-state index is 13.2. The first-order valence-corrected chi connectivity index (χ1v) is 11.9. The largest absolute Gasteiger partial charge is 0.330 e. The molecular formula is C29H22Cl2N2O3. The van der Waals surface area contributed by atoms with E-state index >= 15 is 0 Å². The zero-order chi connectivity index (χ0) is 25.5. The zero-order valence-corrected chi connectivity index (χ0v) is 20.7.